The molecular weight excluding hydrogens is 256 g/mol. The molecule has 1 saturated carbocycles. The Bertz CT molecular complexity index is 356. The first-order valence-electron chi connectivity index (χ1n) is 8.09. The molecule has 20 heavy (non-hydrogen) atoms. The summed E-state index contributed by atoms with van der Waals surface area (Å²) in [4.78, 5) is 0. The van der Waals surface area contributed by atoms with Crippen LogP contribution in [0.1, 0.15) is 53.9 Å². The fourth-order valence-corrected chi connectivity index (χ4v) is 4.15. The van der Waals surface area contributed by atoms with E-state index in [1.807, 2.05) is 0 Å². The number of hydrogen-bond donors (Lipinski definition) is 0. The number of hydrogen-bond acceptors (Lipinski definition) is 4. The van der Waals surface area contributed by atoms with Gasteiger partial charge >= 0.3 is 0 Å². The highest BCUT2D eigenvalue weighted by molar-refractivity contribution is 5.18. The van der Waals surface area contributed by atoms with Crippen LogP contribution in [0.3, 0.4) is 0 Å². The van der Waals surface area contributed by atoms with Gasteiger partial charge in [0.05, 0.1) is 30.5 Å². The van der Waals surface area contributed by atoms with Crippen molar-refractivity contribution in [2.24, 2.45) is 0 Å². The van der Waals surface area contributed by atoms with E-state index in [0.29, 0.717) is 0 Å². The molecule has 2 heterocycles. The molecule has 0 radical (unpaired) electrons. The lowest BCUT2D eigenvalue weighted by Gasteiger charge is -2.46. The van der Waals surface area contributed by atoms with Gasteiger partial charge in [0.1, 0.15) is 17.8 Å². The van der Waals surface area contributed by atoms with Crippen molar-refractivity contribution < 1.29 is 18.9 Å². The largest absolute Gasteiger partial charge is 0.372 e. The first-order chi connectivity index (χ1) is 9.45. The molecule has 3 rings (SSSR count). The summed E-state index contributed by atoms with van der Waals surface area (Å²) in [5.41, 5.74) is -0.392. The fraction of sp³-hybridized carbons (Fsp3) is 1.00. The van der Waals surface area contributed by atoms with Crippen LogP contribution in [0, 0.1) is 0 Å². The van der Waals surface area contributed by atoms with Crippen molar-refractivity contribution in [3.8, 4) is 0 Å². The summed E-state index contributed by atoms with van der Waals surface area (Å²) < 4.78 is 25.1. The quantitative estimate of drug-likeness (QED) is 0.795. The molecule has 2 saturated heterocycles. The fourth-order valence-electron chi connectivity index (χ4n) is 4.15. The third-order valence-electron chi connectivity index (χ3n) is 4.71. The van der Waals surface area contributed by atoms with Gasteiger partial charge in [0, 0.05) is 0 Å². The first kappa shape index (κ1) is 14.8. The molecule has 0 aromatic carbocycles. The van der Waals surface area contributed by atoms with Crippen LogP contribution in [-0.4, -0.2) is 48.3 Å². The maximum absolute atomic E-state index is 6.40. The molecule has 3 fully saturated rings. The molecule has 3 aliphatic rings. The van der Waals surface area contributed by atoms with Gasteiger partial charge in [0.2, 0.25) is 0 Å². The van der Waals surface area contributed by atoms with Gasteiger partial charge in [-0.2, -0.15) is 0 Å². The molecule has 2 unspecified atom stereocenters. The van der Waals surface area contributed by atoms with E-state index >= 15 is 0 Å². The van der Waals surface area contributed by atoms with E-state index in [1.165, 1.54) is 0 Å². The zero-order valence-corrected chi connectivity index (χ0v) is 13.3. The van der Waals surface area contributed by atoms with E-state index < -0.39 is 5.60 Å². The van der Waals surface area contributed by atoms with Crippen molar-refractivity contribution in [1.29, 1.82) is 0 Å². The Kier molecular flexibility index (Phi) is 3.87. The Morgan fingerprint density at radius 1 is 1.05 bits per heavy atom. The van der Waals surface area contributed by atoms with Crippen molar-refractivity contribution in [3.63, 3.8) is 0 Å². The summed E-state index contributed by atoms with van der Waals surface area (Å²) in [7, 11) is 0. The molecule has 0 aromatic rings. The van der Waals surface area contributed by atoms with E-state index in [-0.39, 0.29) is 42.7 Å². The highest BCUT2D eigenvalue weighted by Gasteiger charge is 2.70. The van der Waals surface area contributed by atoms with Gasteiger partial charge in [0.25, 0.3) is 0 Å². The topological polar surface area (TPSA) is 36.9 Å². The van der Waals surface area contributed by atoms with Crippen LogP contribution in [0.15, 0.2) is 0 Å². The van der Waals surface area contributed by atoms with Crippen molar-refractivity contribution in [1.82, 2.24) is 0 Å². The lowest BCUT2D eigenvalue weighted by Crippen LogP contribution is -2.60. The average Bonchev–Trinajstić information content (AvgIpc) is 2.77. The second kappa shape index (κ2) is 5.24. The van der Waals surface area contributed by atoms with Crippen LogP contribution < -0.4 is 0 Å². The minimum atomic E-state index is -0.392. The molecule has 1 aliphatic carbocycles. The Morgan fingerprint density at radius 2 is 1.75 bits per heavy atom. The average molecular weight is 284 g/mol. The number of ether oxygens (including phenoxy) is 4. The third-order valence-corrected chi connectivity index (χ3v) is 4.71. The number of fused-ring (bicyclic) bond motifs is 1. The van der Waals surface area contributed by atoms with E-state index in [2.05, 4.69) is 34.6 Å². The van der Waals surface area contributed by atoms with Gasteiger partial charge in [-0.3, -0.25) is 0 Å². The second-order valence-electron chi connectivity index (χ2n) is 6.98. The molecule has 116 valence electrons. The van der Waals surface area contributed by atoms with Crippen LogP contribution in [0.5, 0.6) is 0 Å². The highest BCUT2D eigenvalue weighted by atomic mass is 16.7. The predicted molar refractivity (Wildman–Crippen MR) is 75.8 cm³/mol. The first-order valence-corrected chi connectivity index (χ1v) is 8.09. The van der Waals surface area contributed by atoms with Gasteiger partial charge in [0.15, 0.2) is 0 Å². The smallest absolute Gasteiger partial charge is 0.149 e. The zero-order valence-electron chi connectivity index (χ0n) is 13.3. The van der Waals surface area contributed by atoms with Crippen molar-refractivity contribution in [3.05, 3.63) is 0 Å². The van der Waals surface area contributed by atoms with Crippen LogP contribution in [0.25, 0.3) is 0 Å². The van der Waals surface area contributed by atoms with Gasteiger partial charge < -0.3 is 18.9 Å². The summed E-state index contributed by atoms with van der Waals surface area (Å²) >= 11 is 0. The van der Waals surface area contributed by atoms with Gasteiger partial charge in [-0.1, -0.05) is 0 Å². The lowest BCUT2D eigenvalue weighted by atomic mass is 9.77. The zero-order chi connectivity index (χ0) is 14.5. The summed E-state index contributed by atoms with van der Waals surface area (Å²) in [5, 5.41) is 0. The Hall–Kier alpha value is -0.160. The summed E-state index contributed by atoms with van der Waals surface area (Å²) in [6, 6.07) is 0. The summed E-state index contributed by atoms with van der Waals surface area (Å²) in [5.74, 6) is 0. The van der Waals surface area contributed by atoms with Gasteiger partial charge in [-0.25, -0.2) is 0 Å². The molecule has 4 heteroatoms. The van der Waals surface area contributed by atoms with Crippen molar-refractivity contribution in [2.45, 2.75) is 102 Å². The lowest BCUT2D eigenvalue weighted by molar-refractivity contribution is -0.252. The standard InChI is InChI=1S/C16H28O4/c1-9(2)17-12-7-6-8-13-16(12)15(18-10(3)4)14(19-13)11(5)20-16/h9-15H,6-8H2,1-5H3/t11-,12+,13?,14+,15+,16?/m0/s1. The van der Waals surface area contributed by atoms with Crippen LogP contribution >= 0.6 is 0 Å². The summed E-state index contributed by atoms with van der Waals surface area (Å²) in [6.07, 6.45) is 3.97. The third kappa shape index (κ3) is 2.12. The molecule has 2 bridgehead atoms. The molecule has 0 N–H and O–H groups in total. The highest BCUT2D eigenvalue weighted by Crippen LogP contribution is 2.53. The molecule has 4 nitrogen and oxygen atoms in total. The van der Waals surface area contributed by atoms with Crippen LogP contribution in [0.2, 0.25) is 0 Å². The van der Waals surface area contributed by atoms with E-state index in [1.54, 1.807) is 0 Å². The molecular formula is C16H28O4. The Balaban J connectivity index is 1.91. The SMILES string of the molecule is CC(C)O[C@@H]1[C@@H]2OC3CCC[C@@H](OC(C)C)C31O[C@H]2C. The molecule has 1 spiro atoms. The van der Waals surface area contributed by atoms with Crippen LogP contribution in [0.4, 0.5) is 0 Å². The van der Waals surface area contributed by atoms with E-state index in [0.717, 1.165) is 19.3 Å². The molecule has 0 amide bonds. The maximum Gasteiger partial charge on any atom is 0.149 e. The predicted octanol–water partition coefficient (Wildman–Crippen LogP) is 2.68. The minimum Gasteiger partial charge on any atom is -0.372 e. The van der Waals surface area contributed by atoms with Crippen LogP contribution in [-0.2, 0) is 18.9 Å². The second-order valence-corrected chi connectivity index (χ2v) is 6.98. The molecule has 0 aromatic heterocycles. The van der Waals surface area contributed by atoms with E-state index in [4.69, 9.17) is 18.9 Å². The molecule has 2 aliphatic heterocycles. The summed E-state index contributed by atoms with van der Waals surface area (Å²) in [6.45, 7) is 10.4. The Labute approximate surface area is 122 Å². The van der Waals surface area contributed by atoms with Crippen molar-refractivity contribution in [2.75, 3.05) is 0 Å². The minimum absolute atomic E-state index is 0.00606. The van der Waals surface area contributed by atoms with Gasteiger partial charge in [-0.15, -0.1) is 0 Å². The Morgan fingerprint density at radius 3 is 2.40 bits per heavy atom. The monoisotopic (exact) mass is 284 g/mol. The molecule has 6 atom stereocenters. The maximum atomic E-state index is 6.40. The van der Waals surface area contributed by atoms with Gasteiger partial charge in [-0.05, 0) is 53.9 Å². The normalized spacial score (nSPS) is 47.2. The van der Waals surface area contributed by atoms with E-state index in [9.17, 15) is 0 Å². The number of rotatable bonds is 4. The van der Waals surface area contributed by atoms with Crippen molar-refractivity contribution >= 4 is 0 Å².